The van der Waals surface area contributed by atoms with E-state index >= 15 is 0 Å². The van der Waals surface area contributed by atoms with Crippen LogP contribution in [0.2, 0.25) is 0 Å². The van der Waals surface area contributed by atoms with Gasteiger partial charge >= 0.3 is 0 Å². The first-order valence-electron chi connectivity index (χ1n) is 8.75. The van der Waals surface area contributed by atoms with E-state index in [0.717, 1.165) is 31.3 Å². The maximum Gasteiger partial charge on any atom is 0.0911 e. The van der Waals surface area contributed by atoms with Gasteiger partial charge in [-0.1, -0.05) is 39.8 Å². The summed E-state index contributed by atoms with van der Waals surface area (Å²) in [6.07, 6.45) is 8.13. The maximum atomic E-state index is 11.6. The molecule has 2 saturated carbocycles. The molecule has 2 aliphatic carbocycles. The second kappa shape index (κ2) is 5.49. The van der Waals surface area contributed by atoms with Crippen molar-refractivity contribution in [2.45, 2.75) is 83.8 Å². The van der Waals surface area contributed by atoms with Gasteiger partial charge in [-0.15, -0.1) is 6.58 Å². The van der Waals surface area contributed by atoms with E-state index in [1.165, 1.54) is 6.42 Å². The van der Waals surface area contributed by atoms with Gasteiger partial charge in [-0.05, 0) is 62.4 Å². The molecule has 0 aromatic heterocycles. The summed E-state index contributed by atoms with van der Waals surface area (Å²) in [5, 5.41) is 21.9. The lowest BCUT2D eigenvalue weighted by Gasteiger charge is -2.61. The number of fused-ring (bicyclic) bond motifs is 1. The van der Waals surface area contributed by atoms with Crippen LogP contribution in [0.5, 0.6) is 0 Å². The smallest absolute Gasteiger partial charge is 0.0911 e. The molecule has 0 amide bonds. The van der Waals surface area contributed by atoms with Crippen LogP contribution in [0, 0.1) is 16.7 Å². The summed E-state index contributed by atoms with van der Waals surface area (Å²) >= 11 is 0. The lowest BCUT2D eigenvalue weighted by molar-refractivity contribution is -0.161. The Morgan fingerprint density at radius 3 is 2.55 bits per heavy atom. The van der Waals surface area contributed by atoms with Crippen LogP contribution in [0.15, 0.2) is 24.8 Å². The van der Waals surface area contributed by atoms with Crippen LogP contribution < -0.4 is 0 Å². The fourth-order valence-electron chi connectivity index (χ4n) is 5.25. The van der Waals surface area contributed by atoms with Crippen molar-refractivity contribution in [1.82, 2.24) is 0 Å². The summed E-state index contributed by atoms with van der Waals surface area (Å²) < 4.78 is 0. The molecule has 0 saturated heterocycles. The van der Waals surface area contributed by atoms with Crippen LogP contribution in [0.1, 0.15) is 72.6 Å². The number of aliphatic hydroxyl groups is 2. The van der Waals surface area contributed by atoms with Gasteiger partial charge in [0, 0.05) is 5.41 Å². The predicted molar refractivity (Wildman–Crippen MR) is 92.6 cm³/mol. The van der Waals surface area contributed by atoms with Gasteiger partial charge in [-0.3, -0.25) is 0 Å². The van der Waals surface area contributed by atoms with E-state index in [1.807, 2.05) is 0 Å². The van der Waals surface area contributed by atoms with Gasteiger partial charge < -0.3 is 10.2 Å². The highest BCUT2D eigenvalue weighted by Gasteiger charge is 2.60. The van der Waals surface area contributed by atoms with Gasteiger partial charge in [-0.2, -0.15) is 0 Å². The first kappa shape index (κ1) is 17.7. The summed E-state index contributed by atoms with van der Waals surface area (Å²) in [5.74, 6) is 0.512. The van der Waals surface area contributed by atoms with Crippen molar-refractivity contribution in [2.75, 3.05) is 0 Å². The van der Waals surface area contributed by atoms with Crippen molar-refractivity contribution >= 4 is 0 Å². The van der Waals surface area contributed by atoms with Crippen LogP contribution in [0.25, 0.3) is 0 Å². The molecule has 2 rings (SSSR count). The Bertz CT molecular complexity index is 462. The molecule has 0 bridgehead atoms. The minimum atomic E-state index is -0.927. The minimum Gasteiger partial charge on any atom is -0.386 e. The molecule has 0 radical (unpaired) electrons. The lowest BCUT2D eigenvalue weighted by Crippen LogP contribution is -2.60. The molecule has 0 aliphatic heterocycles. The second-order valence-corrected chi connectivity index (χ2v) is 8.88. The van der Waals surface area contributed by atoms with E-state index in [4.69, 9.17) is 0 Å². The van der Waals surface area contributed by atoms with Crippen LogP contribution in [-0.4, -0.2) is 21.4 Å². The molecule has 0 aromatic carbocycles. The molecular formula is C20H34O2. The predicted octanol–water partition coefficient (Wildman–Crippen LogP) is 4.62. The van der Waals surface area contributed by atoms with Crippen molar-refractivity contribution < 1.29 is 10.2 Å². The Morgan fingerprint density at radius 2 is 1.95 bits per heavy atom. The number of rotatable bonds is 4. The average Bonchev–Trinajstić information content (AvgIpc) is 2.42. The van der Waals surface area contributed by atoms with Crippen LogP contribution >= 0.6 is 0 Å². The molecule has 2 aliphatic rings. The van der Waals surface area contributed by atoms with Gasteiger partial charge in [-0.25, -0.2) is 0 Å². The Labute approximate surface area is 136 Å². The van der Waals surface area contributed by atoms with Gasteiger partial charge in [0.05, 0.1) is 11.2 Å². The van der Waals surface area contributed by atoms with Crippen LogP contribution in [-0.2, 0) is 0 Å². The second-order valence-electron chi connectivity index (χ2n) is 8.88. The van der Waals surface area contributed by atoms with Crippen molar-refractivity contribution in [3.63, 3.8) is 0 Å². The molecule has 0 heterocycles. The number of hydrogen-bond donors (Lipinski definition) is 2. The standard InChI is InChI=1S/C20H34O2/c1-7-18(5,21)13-14-20(22)15(2)9-10-16-17(3,4)11-8-12-19(16,20)6/h7,16,21-22H,1-2,8-14H2,3-6H3/t16-,18-,19-,20-/m0/s1. The molecule has 0 spiro atoms. The lowest BCUT2D eigenvalue weighted by atomic mass is 9.45. The van der Waals surface area contributed by atoms with Crippen molar-refractivity contribution in [1.29, 1.82) is 0 Å². The summed E-state index contributed by atoms with van der Waals surface area (Å²) in [6.45, 7) is 16.6. The summed E-state index contributed by atoms with van der Waals surface area (Å²) in [4.78, 5) is 0. The first-order chi connectivity index (χ1) is 9.98. The van der Waals surface area contributed by atoms with Crippen LogP contribution in [0.3, 0.4) is 0 Å². The quantitative estimate of drug-likeness (QED) is 0.744. The van der Waals surface area contributed by atoms with E-state index in [9.17, 15) is 10.2 Å². The normalized spacial score (nSPS) is 40.6. The zero-order valence-electron chi connectivity index (χ0n) is 14.9. The van der Waals surface area contributed by atoms with Gasteiger partial charge in [0.2, 0.25) is 0 Å². The summed E-state index contributed by atoms with van der Waals surface area (Å²) in [6, 6.07) is 0. The monoisotopic (exact) mass is 306 g/mol. The van der Waals surface area contributed by atoms with E-state index in [1.54, 1.807) is 13.0 Å². The van der Waals surface area contributed by atoms with E-state index < -0.39 is 11.2 Å². The summed E-state index contributed by atoms with van der Waals surface area (Å²) in [5.41, 5.74) is -0.711. The Hall–Kier alpha value is -0.600. The third-order valence-corrected chi connectivity index (χ3v) is 6.93. The zero-order valence-corrected chi connectivity index (χ0v) is 14.9. The largest absolute Gasteiger partial charge is 0.386 e. The Morgan fingerprint density at radius 1 is 1.32 bits per heavy atom. The Kier molecular flexibility index (Phi) is 4.43. The molecular weight excluding hydrogens is 272 g/mol. The molecule has 2 heteroatoms. The van der Waals surface area contributed by atoms with E-state index in [0.29, 0.717) is 18.8 Å². The molecule has 4 atom stereocenters. The van der Waals surface area contributed by atoms with Gasteiger partial charge in [0.15, 0.2) is 0 Å². The third kappa shape index (κ3) is 2.69. The average molecular weight is 306 g/mol. The zero-order chi connectivity index (χ0) is 16.8. The van der Waals surface area contributed by atoms with Crippen molar-refractivity contribution in [2.24, 2.45) is 16.7 Å². The minimum absolute atomic E-state index is 0.138. The summed E-state index contributed by atoms with van der Waals surface area (Å²) in [7, 11) is 0. The molecule has 0 aromatic rings. The molecule has 2 fully saturated rings. The van der Waals surface area contributed by atoms with E-state index in [-0.39, 0.29) is 10.8 Å². The molecule has 22 heavy (non-hydrogen) atoms. The third-order valence-electron chi connectivity index (χ3n) is 6.93. The van der Waals surface area contributed by atoms with Gasteiger partial charge in [0.25, 0.3) is 0 Å². The highest BCUT2D eigenvalue weighted by Crippen LogP contribution is 2.63. The highest BCUT2D eigenvalue weighted by atomic mass is 16.3. The molecule has 126 valence electrons. The highest BCUT2D eigenvalue weighted by molar-refractivity contribution is 5.25. The number of hydrogen-bond acceptors (Lipinski definition) is 2. The van der Waals surface area contributed by atoms with Crippen molar-refractivity contribution in [3.8, 4) is 0 Å². The SMILES string of the molecule is C=C[C@](C)(O)CC[C@]1(O)C(=C)CC[C@H]2C(C)(C)CCC[C@@]21C. The van der Waals surface area contributed by atoms with Crippen LogP contribution in [0.4, 0.5) is 0 Å². The maximum absolute atomic E-state index is 11.6. The molecule has 2 N–H and O–H groups in total. The Balaban J connectivity index is 2.34. The van der Waals surface area contributed by atoms with Gasteiger partial charge in [0.1, 0.15) is 0 Å². The molecule has 0 unspecified atom stereocenters. The molecule has 2 nitrogen and oxygen atoms in total. The van der Waals surface area contributed by atoms with E-state index in [2.05, 4.69) is 33.9 Å². The first-order valence-corrected chi connectivity index (χ1v) is 8.75. The van der Waals surface area contributed by atoms with Crippen molar-refractivity contribution in [3.05, 3.63) is 24.8 Å². The fourth-order valence-corrected chi connectivity index (χ4v) is 5.25. The fraction of sp³-hybridized carbons (Fsp3) is 0.800. The topological polar surface area (TPSA) is 40.5 Å².